The van der Waals surface area contributed by atoms with Crippen molar-refractivity contribution in [1.29, 1.82) is 0 Å². The van der Waals surface area contributed by atoms with E-state index in [1.165, 1.54) is 6.07 Å². The van der Waals surface area contributed by atoms with Crippen LogP contribution < -0.4 is 21.1 Å². The third-order valence-corrected chi connectivity index (χ3v) is 5.82. The molecule has 1 aromatic heterocycles. The van der Waals surface area contributed by atoms with Crippen molar-refractivity contribution in [3.05, 3.63) is 52.8 Å². The fourth-order valence-corrected chi connectivity index (χ4v) is 4.15. The topological polar surface area (TPSA) is 94.3 Å². The van der Waals surface area contributed by atoms with Crippen molar-refractivity contribution < 1.29 is 22.6 Å². The van der Waals surface area contributed by atoms with Gasteiger partial charge in [0.15, 0.2) is 0 Å². The molecule has 0 bridgehead atoms. The number of nitrogens with one attached hydrogen (secondary N) is 2. The van der Waals surface area contributed by atoms with Gasteiger partial charge in [-0.3, -0.25) is 0 Å². The van der Waals surface area contributed by atoms with Crippen molar-refractivity contribution in [3.8, 4) is 5.75 Å². The summed E-state index contributed by atoms with van der Waals surface area (Å²) in [7, 11) is 1.60. The van der Waals surface area contributed by atoms with Crippen LogP contribution in [0.2, 0.25) is 0 Å². The molecule has 3 aromatic rings. The number of fused-ring (bicyclic) bond motifs is 1. The van der Waals surface area contributed by atoms with Crippen LogP contribution in [0, 0.1) is 6.92 Å². The van der Waals surface area contributed by atoms with Gasteiger partial charge in [-0.15, -0.1) is 0 Å². The molecule has 0 saturated carbocycles. The van der Waals surface area contributed by atoms with Crippen molar-refractivity contribution in [2.45, 2.75) is 38.6 Å². The molecular formula is C24H28F3N5O2. The third-order valence-electron chi connectivity index (χ3n) is 5.82. The van der Waals surface area contributed by atoms with E-state index in [2.05, 4.69) is 20.6 Å². The Labute approximate surface area is 195 Å². The zero-order valence-corrected chi connectivity index (χ0v) is 19.3. The standard InChI is InChI=1S/C24H28F3N5O2/c1-13(15-6-17(24(25,26)27)10-18(28)7-15)30-23-20-11-22(33-3)16(8-19-12-29-4-5-34-19)9-21(20)31-14(2)32-23/h6-7,9-11,13,19,29H,4-5,8,12,28H2,1-3H3,(H,30,31,32). The molecule has 1 aliphatic rings. The SMILES string of the molecule is COc1cc2c(NC(C)c3cc(N)cc(C(F)(F)F)c3)nc(C)nc2cc1CC1CNCCO1. The molecule has 4 rings (SSSR count). The number of nitrogens with zero attached hydrogens (tertiary/aromatic N) is 2. The number of ether oxygens (including phenoxy) is 2. The predicted octanol–water partition coefficient (Wildman–Crippen LogP) is 4.25. The highest BCUT2D eigenvalue weighted by Gasteiger charge is 2.31. The van der Waals surface area contributed by atoms with Crippen LogP contribution >= 0.6 is 0 Å². The van der Waals surface area contributed by atoms with Gasteiger partial charge in [-0.25, -0.2) is 9.97 Å². The van der Waals surface area contributed by atoms with Crippen molar-refractivity contribution in [2.24, 2.45) is 0 Å². The van der Waals surface area contributed by atoms with Crippen molar-refractivity contribution >= 4 is 22.4 Å². The van der Waals surface area contributed by atoms with Crippen molar-refractivity contribution in [1.82, 2.24) is 15.3 Å². The van der Waals surface area contributed by atoms with Crippen molar-refractivity contribution in [3.63, 3.8) is 0 Å². The summed E-state index contributed by atoms with van der Waals surface area (Å²) in [5.41, 5.74) is 7.09. The first-order valence-electron chi connectivity index (χ1n) is 11.1. The first-order valence-corrected chi connectivity index (χ1v) is 11.1. The van der Waals surface area contributed by atoms with Gasteiger partial charge in [-0.05, 0) is 55.3 Å². The maximum absolute atomic E-state index is 13.3. The molecule has 4 N–H and O–H groups in total. The summed E-state index contributed by atoms with van der Waals surface area (Å²) >= 11 is 0. The Bertz CT molecular complexity index is 1180. The summed E-state index contributed by atoms with van der Waals surface area (Å²) in [4.78, 5) is 9.09. The smallest absolute Gasteiger partial charge is 0.416 e. The lowest BCUT2D eigenvalue weighted by molar-refractivity contribution is -0.137. The normalized spacial score (nSPS) is 17.5. The highest BCUT2D eigenvalue weighted by Crippen LogP contribution is 2.35. The number of aromatic nitrogens is 2. The molecule has 7 nitrogen and oxygen atoms in total. The van der Waals surface area contributed by atoms with E-state index in [9.17, 15) is 13.2 Å². The van der Waals surface area contributed by atoms with Gasteiger partial charge in [0.05, 0.1) is 36.9 Å². The Morgan fingerprint density at radius 3 is 2.71 bits per heavy atom. The van der Waals surface area contributed by atoms with Crippen LogP contribution in [-0.4, -0.2) is 42.9 Å². The van der Waals surface area contributed by atoms with E-state index in [0.29, 0.717) is 46.9 Å². The van der Waals surface area contributed by atoms with Crippen LogP contribution in [0.25, 0.3) is 10.9 Å². The van der Waals surface area contributed by atoms with Crippen LogP contribution in [-0.2, 0) is 17.3 Å². The highest BCUT2D eigenvalue weighted by atomic mass is 19.4. The van der Waals surface area contributed by atoms with Gasteiger partial charge in [0.25, 0.3) is 0 Å². The number of morpholine rings is 1. The lowest BCUT2D eigenvalue weighted by atomic mass is 10.0. The first kappa shape index (κ1) is 24.0. The Morgan fingerprint density at radius 2 is 2.03 bits per heavy atom. The molecule has 10 heteroatoms. The third kappa shape index (κ3) is 5.34. The van der Waals surface area contributed by atoms with E-state index >= 15 is 0 Å². The van der Waals surface area contributed by atoms with Crippen LogP contribution in [0.1, 0.15) is 35.5 Å². The molecule has 1 saturated heterocycles. The molecule has 0 amide bonds. The van der Waals surface area contributed by atoms with Crippen LogP contribution in [0.5, 0.6) is 5.75 Å². The average molecular weight is 476 g/mol. The molecule has 2 aromatic carbocycles. The second-order valence-corrected chi connectivity index (χ2v) is 8.45. The molecule has 0 spiro atoms. The number of rotatable bonds is 6. The Kier molecular flexibility index (Phi) is 6.81. The molecule has 2 unspecified atom stereocenters. The number of halogens is 3. The lowest BCUT2D eigenvalue weighted by Gasteiger charge is -2.24. The Balaban J connectivity index is 1.68. The fraction of sp³-hybridized carbons (Fsp3) is 0.417. The van der Waals surface area contributed by atoms with Gasteiger partial charge in [-0.1, -0.05) is 0 Å². The number of anilines is 2. The van der Waals surface area contributed by atoms with E-state index in [4.69, 9.17) is 15.2 Å². The lowest BCUT2D eigenvalue weighted by Crippen LogP contribution is -2.39. The second-order valence-electron chi connectivity index (χ2n) is 8.45. The largest absolute Gasteiger partial charge is 0.496 e. The molecular weight excluding hydrogens is 447 g/mol. The van der Waals surface area contributed by atoms with E-state index in [1.54, 1.807) is 21.0 Å². The number of hydrogen-bond acceptors (Lipinski definition) is 7. The number of aryl methyl sites for hydroxylation is 1. The van der Waals surface area contributed by atoms with E-state index in [0.717, 1.165) is 30.8 Å². The maximum atomic E-state index is 13.3. The minimum absolute atomic E-state index is 0.0343. The monoisotopic (exact) mass is 475 g/mol. The molecule has 182 valence electrons. The van der Waals surface area contributed by atoms with E-state index < -0.39 is 17.8 Å². The molecule has 1 aliphatic heterocycles. The number of nitrogen functional groups attached to an aromatic ring is 1. The number of methoxy groups -OCH3 is 1. The Morgan fingerprint density at radius 1 is 1.24 bits per heavy atom. The minimum atomic E-state index is -4.48. The summed E-state index contributed by atoms with van der Waals surface area (Å²) in [5.74, 6) is 1.72. The first-order chi connectivity index (χ1) is 16.1. The van der Waals surface area contributed by atoms with Crippen molar-refractivity contribution in [2.75, 3.05) is 37.9 Å². The van der Waals surface area contributed by atoms with Crippen LogP contribution in [0.4, 0.5) is 24.7 Å². The summed E-state index contributed by atoms with van der Waals surface area (Å²) in [6, 6.07) is 6.88. The van der Waals surface area contributed by atoms with Gasteiger partial charge < -0.3 is 25.8 Å². The van der Waals surface area contributed by atoms with Crippen LogP contribution in [0.15, 0.2) is 30.3 Å². The quantitative estimate of drug-likeness (QED) is 0.459. The van der Waals surface area contributed by atoms with Gasteiger partial charge in [-0.2, -0.15) is 13.2 Å². The maximum Gasteiger partial charge on any atom is 0.416 e. The zero-order valence-electron chi connectivity index (χ0n) is 19.3. The molecule has 0 radical (unpaired) electrons. The molecule has 1 fully saturated rings. The zero-order chi connectivity index (χ0) is 24.5. The van der Waals surface area contributed by atoms with Gasteiger partial charge in [0.2, 0.25) is 0 Å². The average Bonchev–Trinajstić information content (AvgIpc) is 2.78. The van der Waals surface area contributed by atoms with Gasteiger partial charge >= 0.3 is 6.18 Å². The number of benzene rings is 2. The summed E-state index contributed by atoms with van der Waals surface area (Å²) in [6.45, 7) is 5.79. The van der Waals surface area contributed by atoms with Gasteiger partial charge in [0, 0.05) is 30.6 Å². The summed E-state index contributed by atoms with van der Waals surface area (Å²) in [5, 5.41) is 7.27. The number of nitrogens with two attached hydrogens (primary N) is 1. The molecule has 2 heterocycles. The van der Waals surface area contributed by atoms with E-state index in [-0.39, 0.29) is 11.8 Å². The fourth-order valence-electron chi connectivity index (χ4n) is 4.15. The predicted molar refractivity (Wildman–Crippen MR) is 125 cm³/mol. The van der Waals surface area contributed by atoms with Gasteiger partial charge in [0.1, 0.15) is 17.4 Å². The van der Waals surface area contributed by atoms with E-state index in [1.807, 2.05) is 12.1 Å². The van der Waals surface area contributed by atoms with Crippen LogP contribution in [0.3, 0.4) is 0 Å². The summed E-state index contributed by atoms with van der Waals surface area (Å²) < 4.78 is 51.3. The highest BCUT2D eigenvalue weighted by molar-refractivity contribution is 5.91. The second kappa shape index (κ2) is 9.63. The molecule has 34 heavy (non-hydrogen) atoms. The molecule has 0 aliphatic carbocycles. The Hall–Kier alpha value is -3.11. The number of hydrogen-bond donors (Lipinski definition) is 3. The summed E-state index contributed by atoms with van der Waals surface area (Å²) in [6.07, 6.45) is -3.78. The number of alkyl halides is 3. The minimum Gasteiger partial charge on any atom is -0.496 e. The molecule has 2 atom stereocenters.